The van der Waals surface area contributed by atoms with Crippen molar-refractivity contribution in [2.24, 2.45) is 0 Å². The Kier molecular flexibility index (Phi) is 4.52. The Morgan fingerprint density at radius 2 is 2.33 bits per heavy atom. The van der Waals surface area contributed by atoms with Gasteiger partial charge in [0.1, 0.15) is 11.9 Å². The van der Waals surface area contributed by atoms with Crippen molar-refractivity contribution in [2.45, 2.75) is 19.1 Å². The average Bonchev–Trinajstić information content (AvgIpc) is 3.02. The molecule has 1 saturated heterocycles. The molecule has 3 rings (SSSR count). The number of methoxy groups -OCH3 is 1. The van der Waals surface area contributed by atoms with Crippen LogP contribution in [0.4, 0.5) is 0 Å². The summed E-state index contributed by atoms with van der Waals surface area (Å²) < 4.78 is 13.4. The number of benzene rings is 1. The maximum Gasteiger partial charge on any atom is 0.122 e. The number of aryl methyl sites for hydroxylation is 2. The van der Waals surface area contributed by atoms with E-state index in [0.717, 1.165) is 44.1 Å². The summed E-state index contributed by atoms with van der Waals surface area (Å²) in [4.78, 5) is 4.28. The van der Waals surface area contributed by atoms with Crippen LogP contribution in [0.3, 0.4) is 0 Å². The van der Waals surface area contributed by atoms with Crippen LogP contribution < -0.4 is 10.1 Å². The summed E-state index contributed by atoms with van der Waals surface area (Å²) >= 11 is 0. The number of hydrogen-bond acceptors (Lipinski definition) is 4. The second-order valence-electron chi connectivity index (χ2n) is 5.14. The molecule has 1 aromatic carbocycles. The molecule has 1 atom stereocenters. The first-order chi connectivity index (χ1) is 10.4. The maximum atomic E-state index is 5.81. The molecular formula is C16H21N3O2. The largest absolute Gasteiger partial charge is 0.496 e. The molecule has 0 bridgehead atoms. The quantitative estimate of drug-likeness (QED) is 0.911. The van der Waals surface area contributed by atoms with Gasteiger partial charge in [0.2, 0.25) is 0 Å². The minimum absolute atomic E-state index is 0.0962. The molecule has 2 aromatic rings. The van der Waals surface area contributed by atoms with E-state index in [-0.39, 0.29) is 6.10 Å². The van der Waals surface area contributed by atoms with E-state index < -0.39 is 0 Å². The maximum absolute atomic E-state index is 5.81. The van der Waals surface area contributed by atoms with E-state index in [1.54, 1.807) is 7.11 Å². The molecule has 2 heterocycles. The third kappa shape index (κ3) is 3.25. The molecule has 5 nitrogen and oxygen atoms in total. The van der Waals surface area contributed by atoms with Crippen molar-refractivity contribution in [1.82, 2.24) is 14.9 Å². The Labute approximate surface area is 124 Å². The normalized spacial score (nSPS) is 18.6. The van der Waals surface area contributed by atoms with Gasteiger partial charge in [0.25, 0.3) is 0 Å². The number of aromatic nitrogens is 2. The highest BCUT2D eigenvalue weighted by molar-refractivity contribution is 5.33. The van der Waals surface area contributed by atoms with Gasteiger partial charge < -0.3 is 19.4 Å². The first-order valence-corrected chi connectivity index (χ1v) is 7.32. The van der Waals surface area contributed by atoms with Crippen LogP contribution in [0.1, 0.15) is 17.4 Å². The fraction of sp³-hybridized carbons (Fsp3) is 0.438. The van der Waals surface area contributed by atoms with Crippen LogP contribution in [0.5, 0.6) is 5.75 Å². The second-order valence-corrected chi connectivity index (χ2v) is 5.14. The number of morpholine rings is 1. The van der Waals surface area contributed by atoms with Gasteiger partial charge in [-0.2, -0.15) is 0 Å². The summed E-state index contributed by atoms with van der Waals surface area (Å²) in [5, 5.41) is 3.36. The van der Waals surface area contributed by atoms with Gasteiger partial charge in [-0.05, 0) is 18.1 Å². The van der Waals surface area contributed by atoms with E-state index in [4.69, 9.17) is 9.47 Å². The molecule has 112 valence electrons. The molecule has 1 aromatic heterocycles. The third-order valence-electron chi connectivity index (χ3n) is 3.82. The Morgan fingerprint density at radius 1 is 1.43 bits per heavy atom. The van der Waals surface area contributed by atoms with Crippen molar-refractivity contribution in [2.75, 3.05) is 26.8 Å². The molecule has 1 fully saturated rings. The molecule has 0 saturated carbocycles. The summed E-state index contributed by atoms with van der Waals surface area (Å²) in [6.07, 6.45) is 4.79. The lowest BCUT2D eigenvalue weighted by molar-refractivity contribution is 0.0228. The molecule has 5 heteroatoms. The van der Waals surface area contributed by atoms with Crippen LogP contribution >= 0.6 is 0 Å². The summed E-state index contributed by atoms with van der Waals surface area (Å²) in [5.41, 5.74) is 2.35. The van der Waals surface area contributed by atoms with Crippen LogP contribution in [-0.2, 0) is 17.7 Å². The molecule has 0 amide bonds. The van der Waals surface area contributed by atoms with Gasteiger partial charge in [0.15, 0.2) is 0 Å². The van der Waals surface area contributed by atoms with Crippen molar-refractivity contribution in [1.29, 1.82) is 0 Å². The molecule has 1 aliphatic heterocycles. The fourth-order valence-electron chi connectivity index (χ4n) is 2.69. The van der Waals surface area contributed by atoms with Gasteiger partial charge >= 0.3 is 0 Å². The Morgan fingerprint density at radius 3 is 3.14 bits per heavy atom. The molecule has 1 N–H and O–H groups in total. The van der Waals surface area contributed by atoms with Crippen LogP contribution in [0, 0.1) is 0 Å². The standard InChI is InChI=1S/C16H21N3O2/c1-20-15-5-3-2-4-13(15)6-8-19-12-18-10-14(19)16-11-17-7-9-21-16/h2-5,10,12,16-17H,6-9,11H2,1H3. The van der Waals surface area contributed by atoms with Crippen LogP contribution in [0.2, 0.25) is 0 Å². The predicted octanol–water partition coefficient (Wildman–Crippen LogP) is 1.80. The highest BCUT2D eigenvalue weighted by Crippen LogP contribution is 2.21. The third-order valence-corrected chi connectivity index (χ3v) is 3.82. The minimum Gasteiger partial charge on any atom is -0.496 e. The summed E-state index contributed by atoms with van der Waals surface area (Å²) in [7, 11) is 1.71. The second kappa shape index (κ2) is 6.74. The number of para-hydroxylation sites is 1. The van der Waals surface area contributed by atoms with E-state index in [1.165, 1.54) is 5.56 Å². The van der Waals surface area contributed by atoms with Gasteiger partial charge in [-0.25, -0.2) is 4.98 Å². The van der Waals surface area contributed by atoms with Gasteiger partial charge in [-0.3, -0.25) is 0 Å². The molecule has 0 aliphatic carbocycles. The lowest BCUT2D eigenvalue weighted by atomic mass is 10.1. The summed E-state index contributed by atoms with van der Waals surface area (Å²) in [5.74, 6) is 0.940. The molecule has 1 unspecified atom stereocenters. The zero-order valence-corrected chi connectivity index (χ0v) is 12.3. The van der Waals surface area contributed by atoms with Crippen molar-refractivity contribution >= 4 is 0 Å². The lowest BCUT2D eigenvalue weighted by Crippen LogP contribution is -2.34. The van der Waals surface area contributed by atoms with Crippen LogP contribution in [0.25, 0.3) is 0 Å². The zero-order valence-electron chi connectivity index (χ0n) is 12.3. The van der Waals surface area contributed by atoms with Crippen LogP contribution in [-0.4, -0.2) is 36.4 Å². The number of hydrogen-bond donors (Lipinski definition) is 1. The fourth-order valence-corrected chi connectivity index (χ4v) is 2.69. The molecule has 21 heavy (non-hydrogen) atoms. The minimum atomic E-state index is 0.0962. The monoisotopic (exact) mass is 287 g/mol. The van der Waals surface area contributed by atoms with Gasteiger partial charge in [0.05, 0.1) is 31.9 Å². The first kappa shape index (κ1) is 14.1. The van der Waals surface area contributed by atoms with E-state index >= 15 is 0 Å². The Bertz CT molecular complexity index is 576. The molecular weight excluding hydrogens is 266 g/mol. The Balaban J connectivity index is 1.69. The molecule has 1 aliphatic rings. The number of imidazole rings is 1. The number of ether oxygens (including phenoxy) is 2. The van der Waals surface area contributed by atoms with E-state index in [2.05, 4.69) is 20.9 Å². The van der Waals surface area contributed by atoms with Crippen molar-refractivity contribution in [3.8, 4) is 5.75 Å². The first-order valence-electron chi connectivity index (χ1n) is 7.32. The van der Waals surface area contributed by atoms with Crippen LogP contribution in [0.15, 0.2) is 36.8 Å². The number of nitrogens with zero attached hydrogens (tertiary/aromatic N) is 2. The highest BCUT2D eigenvalue weighted by atomic mass is 16.5. The van der Waals surface area contributed by atoms with Gasteiger partial charge in [0, 0.05) is 19.6 Å². The SMILES string of the molecule is COc1ccccc1CCn1cncc1C1CNCCO1. The van der Waals surface area contributed by atoms with E-state index in [0.29, 0.717) is 0 Å². The van der Waals surface area contributed by atoms with Gasteiger partial charge in [-0.15, -0.1) is 0 Å². The molecule has 0 spiro atoms. The Hall–Kier alpha value is -1.85. The van der Waals surface area contributed by atoms with Crippen molar-refractivity contribution in [3.05, 3.63) is 48.0 Å². The zero-order chi connectivity index (χ0) is 14.5. The average molecular weight is 287 g/mol. The van der Waals surface area contributed by atoms with E-state index in [1.807, 2.05) is 30.7 Å². The molecule has 0 radical (unpaired) electrons. The lowest BCUT2D eigenvalue weighted by Gasteiger charge is -2.24. The summed E-state index contributed by atoms with van der Waals surface area (Å²) in [6, 6.07) is 8.14. The highest BCUT2D eigenvalue weighted by Gasteiger charge is 2.19. The van der Waals surface area contributed by atoms with Gasteiger partial charge in [-0.1, -0.05) is 18.2 Å². The van der Waals surface area contributed by atoms with E-state index in [9.17, 15) is 0 Å². The summed E-state index contributed by atoms with van der Waals surface area (Å²) in [6.45, 7) is 3.39. The number of nitrogens with one attached hydrogen (secondary N) is 1. The van der Waals surface area contributed by atoms with Crippen molar-refractivity contribution < 1.29 is 9.47 Å². The number of rotatable bonds is 5. The topological polar surface area (TPSA) is 48.3 Å². The smallest absolute Gasteiger partial charge is 0.122 e. The van der Waals surface area contributed by atoms with Crippen molar-refractivity contribution in [3.63, 3.8) is 0 Å². The predicted molar refractivity (Wildman–Crippen MR) is 80.5 cm³/mol.